The summed E-state index contributed by atoms with van der Waals surface area (Å²) in [6.07, 6.45) is -0.194. The molecule has 1 aromatic rings. The Morgan fingerprint density at radius 3 is 2.19 bits per heavy atom. The summed E-state index contributed by atoms with van der Waals surface area (Å²) < 4.78 is 0. The molecule has 1 aromatic carbocycles. The molecule has 0 radical (unpaired) electrons. The Labute approximate surface area is 122 Å². The van der Waals surface area contributed by atoms with Crippen molar-refractivity contribution in [3.8, 4) is 0 Å². The molecule has 0 aromatic heterocycles. The van der Waals surface area contributed by atoms with Gasteiger partial charge in [0.2, 0.25) is 0 Å². The van der Waals surface area contributed by atoms with Crippen LogP contribution in [0.3, 0.4) is 0 Å². The summed E-state index contributed by atoms with van der Waals surface area (Å²) in [5.74, 6) is 3.49. The SMILES string of the molecule is CN(N)[C@H]1Cc2ccccc2[C@@H]1O.O=C(O)CCC(=O)O. The van der Waals surface area contributed by atoms with Crippen LogP contribution in [-0.2, 0) is 16.0 Å². The fourth-order valence-electron chi connectivity index (χ4n) is 2.13. The van der Waals surface area contributed by atoms with Crippen LogP contribution in [0.25, 0.3) is 0 Å². The van der Waals surface area contributed by atoms with Crippen molar-refractivity contribution in [1.29, 1.82) is 0 Å². The topological polar surface area (TPSA) is 124 Å². The van der Waals surface area contributed by atoms with Crippen molar-refractivity contribution < 1.29 is 24.9 Å². The molecule has 1 aliphatic carbocycles. The van der Waals surface area contributed by atoms with Crippen molar-refractivity contribution in [1.82, 2.24) is 5.01 Å². The fourth-order valence-corrected chi connectivity index (χ4v) is 2.13. The summed E-state index contributed by atoms with van der Waals surface area (Å²) in [7, 11) is 1.79. The average molecular weight is 296 g/mol. The second-order valence-corrected chi connectivity index (χ2v) is 4.87. The lowest BCUT2D eigenvalue weighted by molar-refractivity contribution is -0.143. The van der Waals surface area contributed by atoms with Crippen molar-refractivity contribution >= 4 is 11.9 Å². The summed E-state index contributed by atoms with van der Waals surface area (Å²) in [6, 6.07) is 7.97. The molecule has 0 spiro atoms. The molecule has 7 heteroatoms. The van der Waals surface area contributed by atoms with Crippen molar-refractivity contribution in [2.24, 2.45) is 5.84 Å². The molecular weight excluding hydrogens is 276 g/mol. The van der Waals surface area contributed by atoms with Crippen LogP contribution in [0.2, 0.25) is 0 Å². The monoisotopic (exact) mass is 296 g/mol. The van der Waals surface area contributed by atoms with E-state index in [1.165, 1.54) is 5.56 Å². The molecule has 5 N–H and O–H groups in total. The molecule has 0 saturated carbocycles. The number of nitrogens with two attached hydrogens (primary N) is 1. The Morgan fingerprint density at radius 2 is 1.76 bits per heavy atom. The molecule has 0 bridgehead atoms. The highest BCUT2D eigenvalue weighted by atomic mass is 16.4. The Balaban J connectivity index is 0.000000240. The number of hydrogen-bond donors (Lipinski definition) is 4. The van der Waals surface area contributed by atoms with Crippen molar-refractivity contribution in [3.05, 3.63) is 35.4 Å². The van der Waals surface area contributed by atoms with E-state index in [9.17, 15) is 14.7 Å². The van der Waals surface area contributed by atoms with Gasteiger partial charge >= 0.3 is 11.9 Å². The number of carboxylic acids is 2. The number of aliphatic hydroxyl groups excluding tert-OH is 1. The molecule has 7 nitrogen and oxygen atoms in total. The Bertz CT molecular complexity index is 490. The van der Waals surface area contributed by atoms with E-state index in [1.807, 2.05) is 24.3 Å². The number of fused-ring (bicyclic) bond motifs is 1. The molecular formula is C14H20N2O5. The third kappa shape index (κ3) is 5.14. The fraction of sp³-hybridized carbons (Fsp3) is 0.429. The van der Waals surface area contributed by atoms with Crippen LogP contribution < -0.4 is 5.84 Å². The summed E-state index contributed by atoms with van der Waals surface area (Å²) in [5, 5.41) is 27.3. The maximum absolute atomic E-state index is 9.89. The second kappa shape index (κ2) is 7.72. The van der Waals surface area contributed by atoms with Gasteiger partial charge in [0.05, 0.1) is 25.0 Å². The number of aliphatic carboxylic acids is 2. The van der Waals surface area contributed by atoms with E-state index in [-0.39, 0.29) is 18.9 Å². The zero-order valence-electron chi connectivity index (χ0n) is 11.8. The van der Waals surface area contributed by atoms with E-state index in [1.54, 1.807) is 12.1 Å². The average Bonchev–Trinajstić information content (AvgIpc) is 2.75. The molecule has 0 aliphatic heterocycles. The number of carboxylic acid groups (broad SMARTS) is 2. The lowest BCUT2D eigenvalue weighted by Gasteiger charge is -2.21. The molecule has 2 rings (SSSR count). The standard InChI is InChI=1S/C10H14N2O.C4H6O4/c1-12(11)9-6-7-4-2-3-5-8(7)10(9)13;5-3(6)1-2-4(7)8/h2-5,9-10,13H,6,11H2,1H3;1-2H2,(H,5,6)(H,7,8)/t9-,10-;/m0./s1. The van der Waals surface area contributed by atoms with E-state index in [2.05, 4.69) is 0 Å². The zero-order valence-corrected chi connectivity index (χ0v) is 11.8. The molecule has 0 unspecified atom stereocenters. The van der Waals surface area contributed by atoms with Gasteiger partial charge in [-0.3, -0.25) is 15.4 Å². The van der Waals surface area contributed by atoms with Crippen LogP contribution in [0.5, 0.6) is 0 Å². The second-order valence-electron chi connectivity index (χ2n) is 4.87. The summed E-state index contributed by atoms with van der Waals surface area (Å²) in [4.78, 5) is 19.3. The van der Waals surface area contributed by atoms with E-state index in [0.29, 0.717) is 0 Å². The van der Waals surface area contributed by atoms with Gasteiger partial charge in [-0.25, -0.2) is 5.01 Å². The Kier molecular flexibility index (Phi) is 6.29. The number of hydrogen-bond acceptors (Lipinski definition) is 5. The van der Waals surface area contributed by atoms with E-state index in [4.69, 9.17) is 16.1 Å². The van der Waals surface area contributed by atoms with E-state index in [0.717, 1.165) is 12.0 Å². The zero-order chi connectivity index (χ0) is 16.0. The molecule has 0 saturated heterocycles. The summed E-state index contributed by atoms with van der Waals surface area (Å²) in [5.41, 5.74) is 2.22. The minimum atomic E-state index is -1.08. The predicted molar refractivity (Wildman–Crippen MR) is 75.3 cm³/mol. The summed E-state index contributed by atoms with van der Waals surface area (Å²) in [6.45, 7) is 0. The minimum absolute atomic E-state index is 0.0254. The van der Waals surface area contributed by atoms with E-state index < -0.39 is 18.0 Å². The molecule has 1 aliphatic rings. The lowest BCUT2D eigenvalue weighted by atomic mass is 10.1. The first-order chi connectivity index (χ1) is 9.82. The Morgan fingerprint density at radius 1 is 1.24 bits per heavy atom. The first-order valence-electron chi connectivity index (χ1n) is 6.50. The molecule has 0 heterocycles. The van der Waals surface area contributed by atoms with Gasteiger partial charge in [0.15, 0.2) is 0 Å². The number of likely N-dealkylation sites (N-methyl/N-ethyl adjacent to an activating group) is 1. The van der Waals surface area contributed by atoms with Gasteiger partial charge in [-0.2, -0.15) is 0 Å². The van der Waals surface area contributed by atoms with Crippen LogP contribution in [0.15, 0.2) is 24.3 Å². The summed E-state index contributed by atoms with van der Waals surface area (Å²) >= 11 is 0. The molecule has 0 fully saturated rings. The highest BCUT2D eigenvalue weighted by Gasteiger charge is 2.32. The molecule has 116 valence electrons. The smallest absolute Gasteiger partial charge is 0.303 e. The third-order valence-electron chi connectivity index (χ3n) is 3.24. The molecule has 2 atom stereocenters. The van der Waals surface area contributed by atoms with Gasteiger partial charge in [-0.15, -0.1) is 0 Å². The normalized spacial score (nSPS) is 19.6. The number of carbonyl (C=O) groups is 2. The van der Waals surface area contributed by atoms with Gasteiger partial charge in [-0.05, 0) is 17.5 Å². The largest absolute Gasteiger partial charge is 0.481 e. The van der Waals surface area contributed by atoms with Crippen LogP contribution >= 0.6 is 0 Å². The predicted octanol–water partition coefficient (Wildman–Crippen LogP) is 0.386. The lowest BCUT2D eigenvalue weighted by Crippen LogP contribution is -2.40. The number of benzene rings is 1. The highest BCUT2D eigenvalue weighted by Crippen LogP contribution is 2.32. The van der Waals surface area contributed by atoms with Crippen molar-refractivity contribution in [2.75, 3.05) is 7.05 Å². The van der Waals surface area contributed by atoms with Crippen molar-refractivity contribution in [2.45, 2.75) is 31.4 Å². The number of rotatable bonds is 4. The van der Waals surface area contributed by atoms with Crippen LogP contribution in [0.4, 0.5) is 0 Å². The van der Waals surface area contributed by atoms with Crippen LogP contribution in [-0.4, -0.2) is 45.4 Å². The minimum Gasteiger partial charge on any atom is -0.481 e. The first-order valence-corrected chi connectivity index (χ1v) is 6.50. The molecule has 21 heavy (non-hydrogen) atoms. The van der Waals surface area contributed by atoms with Gasteiger partial charge in [0, 0.05) is 7.05 Å². The maximum atomic E-state index is 9.89. The maximum Gasteiger partial charge on any atom is 0.303 e. The van der Waals surface area contributed by atoms with Gasteiger partial charge in [0.1, 0.15) is 0 Å². The highest BCUT2D eigenvalue weighted by molar-refractivity contribution is 5.75. The van der Waals surface area contributed by atoms with Gasteiger partial charge in [-0.1, -0.05) is 24.3 Å². The molecule has 0 amide bonds. The van der Waals surface area contributed by atoms with E-state index >= 15 is 0 Å². The van der Waals surface area contributed by atoms with Gasteiger partial charge in [0.25, 0.3) is 0 Å². The van der Waals surface area contributed by atoms with Crippen molar-refractivity contribution in [3.63, 3.8) is 0 Å². The Hall–Kier alpha value is -1.96. The van der Waals surface area contributed by atoms with Crippen LogP contribution in [0.1, 0.15) is 30.1 Å². The van der Waals surface area contributed by atoms with Gasteiger partial charge < -0.3 is 15.3 Å². The number of hydrazine groups is 1. The van der Waals surface area contributed by atoms with Crippen LogP contribution in [0, 0.1) is 0 Å². The quantitative estimate of drug-likeness (QED) is 0.468. The third-order valence-corrected chi connectivity index (χ3v) is 3.24. The number of nitrogens with zero attached hydrogens (tertiary/aromatic N) is 1. The first kappa shape index (κ1) is 17.1. The number of aliphatic hydroxyl groups is 1.